The first-order valence-corrected chi connectivity index (χ1v) is 8.85. The van der Waals surface area contributed by atoms with E-state index in [4.69, 9.17) is 5.11 Å². The van der Waals surface area contributed by atoms with E-state index in [1.165, 1.54) is 25.7 Å². The Morgan fingerprint density at radius 1 is 0.739 bits per heavy atom. The molecule has 0 radical (unpaired) electrons. The molecule has 3 nitrogen and oxygen atoms in total. The van der Waals surface area contributed by atoms with Crippen molar-refractivity contribution in [2.24, 2.45) is 0 Å². The highest BCUT2D eigenvalue weighted by Gasteiger charge is 2.02. The van der Waals surface area contributed by atoms with Crippen molar-refractivity contribution in [2.75, 3.05) is 0 Å². The standard InChI is InChI=1S/C20H32O3/c1-2-3-4-5-6-7-8-9-10-11-12-13-14-16-19(21)17-15-18-20(22)23/h6-7,9-10,12-13H,2-5,8,11,14-18H2,1H3,(H,22,23)/b7-6+,10-9+,13-12+. The van der Waals surface area contributed by atoms with Gasteiger partial charge in [0, 0.05) is 19.3 Å². The summed E-state index contributed by atoms with van der Waals surface area (Å²) in [6.45, 7) is 2.22. The molecular formula is C20H32O3. The first kappa shape index (κ1) is 21.4. The lowest BCUT2D eigenvalue weighted by atomic mass is 10.1. The van der Waals surface area contributed by atoms with Crippen LogP contribution in [-0.4, -0.2) is 16.9 Å². The number of allylic oxidation sites excluding steroid dienone is 6. The topological polar surface area (TPSA) is 54.4 Å². The molecule has 0 bridgehead atoms. The van der Waals surface area contributed by atoms with E-state index in [9.17, 15) is 9.59 Å². The zero-order valence-electron chi connectivity index (χ0n) is 14.5. The zero-order chi connectivity index (χ0) is 17.2. The molecule has 0 amide bonds. The second-order valence-corrected chi connectivity index (χ2v) is 5.71. The first-order chi connectivity index (χ1) is 11.2. The van der Waals surface area contributed by atoms with Crippen molar-refractivity contribution >= 4 is 11.8 Å². The number of carbonyl (C=O) groups is 2. The molecule has 1 N–H and O–H groups in total. The van der Waals surface area contributed by atoms with Crippen LogP contribution in [0.25, 0.3) is 0 Å². The van der Waals surface area contributed by atoms with Crippen LogP contribution >= 0.6 is 0 Å². The molecule has 0 aliphatic rings. The summed E-state index contributed by atoms with van der Waals surface area (Å²) >= 11 is 0. The number of Topliss-reactive ketones (excluding diaryl/α,β-unsaturated/α-hetero) is 1. The summed E-state index contributed by atoms with van der Waals surface area (Å²) in [5.41, 5.74) is 0. The third kappa shape index (κ3) is 18.3. The van der Waals surface area contributed by atoms with Crippen LogP contribution in [0.1, 0.15) is 77.6 Å². The maximum absolute atomic E-state index is 11.5. The van der Waals surface area contributed by atoms with Gasteiger partial charge in [0.15, 0.2) is 0 Å². The number of unbranched alkanes of at least 4 members (excludes halogenated alkanes) is 3. The molecule has 0 aromatic rings. The molecule has 3 heteroatoms. The van der Waals surface area contributed by atoms with Crippen LogP contribution in [0.4, 0.5) is 0 Å². The lowest BCUT2D eigenvalue weighted by Crippen LogP contribution is -2.00. The van der Waals surface area contributed by atoms with Crippen LogP contribution in [-0.2, 0) is 9.59 Å². The number of hydrogen-bond acceptors (Lipinski definition) is 2. The summed E-state index contributed by atoms with van der Waals surface area (Å²) in [6.07, 6.45) is 22.0. The molecule has 0 unspecified atom stereocenters. The summed E-state index contributed by atoms with van der Waals surface area (Å²) < 4.78 is 0. The molecule has 0 aliphatic carbocycles. The van der Waals surface area contributed by atoms with Crippen molar-refractivity contribution in [3.63, 3.8) is 0 Å². The SMILES string of the molecule is CCCCC/C=C/C/C=C/C/C=C/CCC(=O)CCCC(=O)O. The van der Waals surface area contributed by atoms with E-state index in [0.717, 1.165) is 19.3 Å². The second-order valence-electron chi connectivity index (χ2n) is 5.71. The van der Waals surface area contributed by atoms with Gasteiger partial charge in [-0.25, -0.2) is 0 Å². The largest absolute Gasteiger partial charge is 0.481 e. The number of carbonyl (C=O) groups excluding carboxylic acids is 1. The van der Waals surface area contributed by atoms with E-state index in [1.54, 1.807) is 0 Å². The smallest absolute Gasteiger partial charge is 0.303 e. The van der Waals surface area contributed by atoms with Crippen molar-refractivity contribution in [3.8, 4) is 0 Å². The Kier molecular flexibility index (Phi) is 15.5. The van der Waals surface area contributed by atoms with E-state index < -0.39 is 5.97 Å². The van der Waals surface area contributed by atoms with Crippen molar-refractivity contribution in [3.05, 3.63) is 36.5 Å². The molecule has 0 atom stereocenters. The van der Waals surface area contributed by atoms with Gasteiger partial charge in [0.2, 0.25) is 0 Å². The molecule has 0 fully saturated rings. The average molecular weight is 320 g/mol. The van der Waals surface area contributed by atoms with Crippen molar-refractivity contribution < 1.29 is 14.7 Å². The number of hydrogen-bond donors (Lipinski definition) is 1. The lowest BCUT2D eigenvalue weighted by Gasteiger charge is -1.96. The van der Waals surface area contributed by atoms with Gasteiger partial charge >= 0.3 is 5.97 Å². The Morgan fingerprint density at radius 3 is 1.96 bits per heavy atom. The van der Waals surface area contributed by atoms with Gasteiger partial charge in [0.25, 0.3) is 0 Å². The minimum Gasteiger partial charge on any atom is -0.481 e. The summed E-state index contributed by atoms with van der Waals surface area (Å²) in [4.78, 5) is 21.8. The minimum absolute atomic E-state index is 0.0828. The highest BCUT2D eigenvalue weighted by molar-refractivity contribution is 5.79. The maximum atomic E-state index is 11.5. The fourth-order valence-corrected chi connectivity index (χ4v) is 2.10. The van der Waals surface area contributed by atoms with E-state index in [1.807, 2.05) is 6.08 Å². The Labute approximate surface area is 141 Å². The van der Waals surface area contributed by atoms with Crippen molar-refractivity contribution in [2.45, 2.75) is 77.6 Å². The quantitative estimate of drug-likeness (QED) is 0.315. The first-order valence-electron chi connectivity index (χ1n) is 8.85. The van der Waals surface area contributed by atoms with Crippen molar-refractivity contribution in [1.82, 2.24) is 0 Å². The molecule has 0 aromatic heterocycles. The summed E-state index contributed by atoms with van der Waals surface area (Å²) in [6, 6.07) is 0. The normalized spacial score (nSPS) is 11.9. The molecule has 0 rings (SSSR count). The number of rotatable bonds is 15. The molecular weight excluding hydrogens is 288 g/mol. The van der Waals surface area contributed by atoms with Crippen LogP contribution in [0.3, 0.4) is 0 Å². The van der Waals surface area contributed by atoms with Crippen LogP contribution in [0.2, 0.25) is 0 Å². The Morgan fingerprint density at radius 2 is 1.35 bits per heavy atom. The van der Waals surface area contributed by atoms with Crippen molar-refractivity contribution in [1.29, 1.82) is 0 Å². The van der Waals surface area contributed by atoms with Gasteiger partial charge in [-0.1, -0.05) is 56.2 Å². The number of ketones is 1. The van der Waals surface area contributed by atoms with Gasteiger partial charge in [-0.15, -0.1) is 0 Å². The molecule has 0 saturated carbocycles. The maximum Gasteiger partial charge on any atom is 0.303 e. The van der Waals surface area contributed by atoms with Gasteiger partial charge in [0.05, 0.1) is 0 Å². The van der Waals surface area contributed by atoms with Gasteiger partial charge in [-0.2, -0.15) is 0 Å². The highest BCUT2D eigenvalue weighted by Crippen LogP contribution is 2.03. The third-order valence-electron chi connectivity index (χ3n) is 3.45. The summed E-state index contributed by atoms with van der Waals surface area (Å²) in [5, 5.41) is 8.49. The fraction of sp³-hybridized carbons (Fsp3) is 0.600. The molecule has 0 spiro atoms. The predicted molar refractivity (Wildman–Crippen MR) is 96.5 cm³/mol. The number of carboxylic acids is 1. The Balaban J connectivity index is 3.47. The molecule has 130 valence electrons. The van der Waals surface area contributed by atoms with Crippen LogP contribution < -0.4 is 0 Å². The average Bonchev–Trinajstić information content (AvgIpc) is 2.51. The Hall–Kier alpha value is -1.64. The number of aliphatic carboxylic acids is 1. The molecule has 0 heterocycles. The predicted octanol–water partition coefficient (Wildman–Crippen LogP) is 5.62. The van der Waals surface area contributed by atoms with Crippen LogP contribution in [0, 0.1) is 0 Å². The monoisotopic (exact) mass is 320 g/mol. The highest BCUT2D eigenvalue weighted by atomic mass is 16.4. The second kappa shape index (κ2) is 16.7. The summed E-state index contributed by atoms with van der Waals surface area (Å²) in [5.74, 6) is -0.681. The van der Waals surface area contributed by atoms with Gasteiger partial charge < -0.3 is 5.11 Å². The fourth-order valence-electron chi connectivity index (χ4n) is 2.10. The summed E-state index contributed by atoms with van der Waals surface area (Å²) in [7, 11) is 0. The van der Waals surface area contributed by atoms with Crippen LogP contribution in [0.15, 0.2) is 36.5 Å². The minimum atomic E-state index is -0.833. The lowest BCUT2D eigenvalue weighted by molar-refractivity contribution is -0.137. The third-order valence-corrected chi connectivity index (χ3v) is 3.45. The zero-order valence-corrected chi connectivity index (χ0v) is 14.5. The molecule has 23 heavy (non-hydrogen) atoms. The molecule has 0 saturated heterocycles. The molecule has 0 aromatic carbocycles. The van der Waals surface area contributed by atoms with E-state index in [0.29, 0.717) is 19.3 Å². The van der Waals surface area contributed by atoms with Gasteiger partial charge in [-0.05, 0) is 38.5 Å². The van der Waals surface area contributed by atoms with E-state index >= 15 is 0 Å². The van der Waals surface area contributed by atoms with Gasteiger partial charge in [-0.3, -0.25) is 9.59 Å². The van der Waals surface area contributed by atoms with Gasteiger partial charge in [0.1, 0.15) is 5.78 Å². The van der Waals surface area contributed by atoms with E-state index in [-0.39, 0.29) is 12.2 Å². The number of carboxylic acid groups (broad SMARTS) is 1. The van der Waals surface area contributed by atoms with E-state index in [2.05, 4.69) is 37.3 Å². The molecule has 0 aliphatic heterocycles. The Bertz CT molecular complexity index is 392. The van der Waals surface area contributed by atoms with Crippen LogP contribution in [0.5, 0.6) is 0 Å².